The molecule has 3 aromatic rings. The predicted octanol–water partition coefficient (Wildman–Crippen LogP) is 3.17. The van der Waals surface area contributed by atoms with Gasteiger partial charge in [-0.3, -0.25) is 4.79 Å². The second-order valence-corrected chi connectivity index (χ2v) is 6.40. The SMILES string of the molecule is COc1ccc(CN2Cc3cc4cc(OC)ccc4nc3OCC2=O)cc1. The van der Waals surface area contributed by atoms with E-state index in [9.17, 15) is 4.79 Å². The van der Waals surface area contributed by atoms with Crippen molar-refractivity contribution in [2.75, 3.05) is 20.8 Å². The smallest absolute Gasteiger partial charge is 0.261 e. The van der Waals surface area contributed by atoms with Gasteiger partial charge in [-0.25, -0.2) is 4.98 Å². The van der Waals surface area contributed by atoms with Crippen molar-refractivity contribution in [3.63, 3.8) is 0 Å². The van der Waals surface area contributed by atoms with E-state index in [0.29, 0.717) is 19.0 Å². The minimum atomic E-state index is -0.0644. The number of nitrogens with zero attached hydrogens (tertiary/aromatic N) is 2. The molecule has 0 saturated carbocycles. The molecule has 4 rings (SSSR count). The molecule has 6 heteroatoms. The summed E-state index contributed by atoms with van der Waals surface area (Å²) in [5.41, 5.74) is 2.73. The van der Waals surface area contributed by atoms with Gasteiger partial charge in [-0.2, -0.15) is 0 Å². The van der Waals surface area contributed by atoms with Crippen LogP contribution in [0.1, 0.15) is 11.1 Å². The van der Waals surface area contributed by atoms with Gasteiger partial charge in [0.25, 0.3) is 5.91 Å². The molecule has 0 atom stereocenters. The van der Waals surface area contributed by atoms with E-state index in [-0.39, 0.29) is 12.5 Å². The number of benzene rings is 2. The van der Waals surface area contributed by atoms with Crippen LogP contribution in [0.2, 0.25) is 0 Å². The van der Waals surface area contributed by atoms with Gasteiger partial charge in [0.1, 0.15) is 11.5 Å². The zero-order chi connectivity index (χ0) is 18.8. The molecule has 0 aliphatic carbocycles. The molecule has 0 saturated heterocycles. The summed E-state index contributed by atoms with van der Waals surface area (Å²) in [5.74, 6) is 2.01. The Kier molecular flexibility index (Phi) is 4.54. The van der Waals surface area contributed by atoms with Crippen LogP contribution < -0.4 is 14.2 Å². The van der Waals surface area contributed by atoms with Gasteiger partial charge in [-0.05, 0) is 42.0 Å². The maximum Gasteiger partial charge on any atom is 0.261 e. The van der Waals surface area contributed by atoms with Crippen LogP contribution in [0, 0.1) is 0 Å². The lowest BCUT2D eigenvalue weighted by molar-refractivity contribution is -0.133. The maximum atomic E-state index is 12.5. The number of amides is 1. The summed E-state index contributed by atoms with van der Waals surface area (Å²) in [7, 11) is 3.27. The first kappa shape index (κ1) is 17.1. The Morgan fingerprint density at radius 1 is 1.04 bits per heavy atom. The molecule has 1 amide bonds. The van der Waals surface area contributed by atoms with Gasteiger partial charge < -0.3 is 19.1 Å². The molecule has 0 fully saturated rings. The van der Waals surface area contributed by atoms with E-state index in [4.69, 9.17) is 14.2 Å². The molecule has 27 heavy (non-hydrogen) atoms. The third-order valence-corrected chi connectivity index (χ3v) is 4.64. The molecule has 0 radical (unpaired) electrons. The topological polar surface area (TPSA) is 60.9 Å². The Morgan fingerprint density at radius 2 is 1.78 bits per heavy atom. The number of carbonyl (C=O) groups is 1. The highest BCUT2D eigenvalue weighted by Gasteiger charge is 2.23. The summed E-state index contributed by atoms with van der Waals surface area (Å²) >= 11 is 0. The zero-order valence-corrected chi connectivity index (χ0v) is 15.3. The fourth-order valence-electron chi connectivity index (χ4n) is 3.16. The summed E-state index contributed by atoms with van der Waals surface area (Å²) in [6, 6.07) is 15.4. The number of ether oxygens (including phenoxy) is 3. The van der Waals surface area contributed by atoms with E-state index in [0.717, 1.165) is 33.5 Å². The molecular formula is C21H20N2O4. The van der Waals surface area contributed by atoms with Crippen LogP contribution in [0.15, 0.2) is 48.5 Å². The van der Waals surface area contributed by atoms with Gasteiger partial charge in [0.05, 0.1) is 26.3 Å². The molecule has 0 unspecified atom stereocenters. The van der Waals surface area contributed by atoms with Crippen molar-refractivity contribution in [3.05, 3.63) is 59.7 Å². The highest BCUT2D eigenvalue weighted by atomic mass is 16.5. The second kappa shape index (κ2) is 7.15. The van der Waals surface area contributed by atoms with Crippen molar-refractivity contribution in [3.8, 4) is 17.4 Å². The average Bonchev–Trinajstić information content (AvgIpc) is 2.85. The number of hydrogen-bond acceptors (Lipinski definition) is 5. The largest absolute Gasteiger partial charge is 0.497 e. The fourth-order valence-corrected chi connectivity index (χ4v) is 3.16. The lowest BCUT2D eigenvalue weighted by Crippen LogP contribution is -2.31. The number of rotatable bonds is 4. The van der Waals surface area contributed by atoms with Crippen LogP contribution >= 0.6 is 0 Å². The van der Waals surface area contributed by atoms with E-state index in [1.807, 2.05) is 48.5 Å². The monoisotopic (exact) mass is 364 g/mol. The van der Waals surface area contributed by atoms with Gasteiger partial charge in [0.2, 0.25) is 5.88 Å². The third kappa shape index (κ3) is 3.51. The Bertz CT molecular complexity index is 985. The molecule has 0 bridgehead atoms. The molecule has 1 aromatic heterocycles. The van der Waals surface area contributed by atoms with E-state index in [1.165, 1.54) is 0 Å². The first-order chi connectivity index (χ1) is 13.2. The Morgan fingerprint density at radius 3 is 2.52 bits per heavy atom. The highest BCUT2D eigenvalue weighted by Crippen LogP contribution is 2.28. The Balaban J connectivity index is 1.64. The first-order valence-electron chi connectivity index (χ1n) is 8.67. The molecular weight excluding hydrogens is 344 g/mol. The number of hydrogen-bond donors (Lipinski definition) is 0. The highest BCUT2D eigenvalue weighted by molar-refractivity contribution is 5.83. The number of methoxy groups -OCH3 is 2. The molecule has 0 N–H and O–H groups in total. The second-order valence-electron chi connectivity index (χ2n) is 6.40. The van der Waals surface area contributed by atoms with E-state index >= 15 is 0 Å². The van der Waals surface area contributed by atoms with Crippen LogP contribution in [0.4, 0.5) is 0 Å². The lowest BCUT2D eigenvalue weighted by Gasteiger charge is -2.20. The normalized spacial score (nSPS) is 13.7. The Labute approximate surface area is 157 Å². The van der Waals surface area contributed by atoms with Gasteiger partial charge in [0, 0.05) is 17.5 Å². The minimum absolute atomic E-state index is 0.0161. The van der Waals surface area contributed by atoms with E-state index < -0.39 is 0 Å². The van der Waals surface area contributed by atoms with Crippen molar-refractivity contribution in [2.24, 2.45) is 0 Å². The summed E-state index contributed by atoms with van der Waals surface area (Å²) in [6.45, 7) is 0.930. The van der Waals surface area contributed by atoms with Crippen LogP contribution in [0.3, 0.4) is 0 Å². The molecule has 2 aromatic carbocycles. The molecule has 138 valence electrons. The van der Waals surface area contributed by atoms with Crippen molar-refractivity contribution in [2.45, 2.75) is 13.1 Å². The zero-order valence-electron chi connectivity index (χ0n) is 15.3. The van der Waals surface area contributed by atoms with E-state index in [2.05, 4.69) is 4.98 Å². The summed E-state index contributed by atoms with van der Waals surface area (Å²) < 4.78 is 16.2. The van der Waals surface area contributed by atoms with Crippen molar-refractivity contribution in [1.29, 1.82) is 0 Å². The third-order valence-electron chi connectivity index (χ3n) is 4.64. The number of carbonyl (C=O) groups excluding carboxylic acids is 1. The summed E-state index contributed by atoms with van der Waals surface area (Å²) in [4.78, 5) is 18.9. The van der Waals surface area contributed by atoms with Crippen LogP contribution in [-0.4, -0.2) is 36.6 Å². The standard InChI is InChI=1S/C21H20N2O4/c1-25-17-5-3-14(4-6-17)11-23-12-16-9-15-10-18(26-2)7-8-19(15)22-21(16)27-13-20(23)24/h3-10H,11-13H2,1-2H3. The van der Waals surface area contributed by atoms with Crippen LogP contribution in [-0.2, 0) is 17.9 Å². The molecule has 1 aliphatic heterocycles. The molecule has 2 heterocycles. The van der Waals surface area contributed by atoms with Gasteiger partial charge >= 0.3 is 0 Å². The van der Waals surface area contributed by atoms with Gasteiger partial charge in [-0.1, -0.05) is 12.1 Å². The van der Waals surface area contributed by atoms with Crippen molar-refractivity contribution >= 4 is 16.8 Å². The first-order valence-corrected chi connectivity index (χ1v) is 8.67. The lowest BCUT2D eigenvalue weighted by atomic mass is 10.1. The van der Waals surface area contributed by atoms with Crippen LogP contribution in [0.25, 0.3) is 10.9 Å². The molecule has 0 spiro atoms. The Hall–Kier alpha value is -3.28. The summed E-state index contributed by atoms with van der Waals surface area (Å²) in [5, 5.41) is 0.954. The summed E-state index contributed by atoms with van der Waals surface area (Å²) in [6.07, 6.45) is 0. The fraction of sp³-hybridized carbons (Fsp3) is 0.238. The van der Waals surface area contributed by atoms with Crippen molar-refractivity contribution in [1.82, 2.24) is 9.88 Å². The van der Waals surface area contributed by atoms with Gasteiger partial charge in [0.15, 0.2) is 6.61 Å². The van der Waals surface area contributed by atoms with Crippen LogP contribution in [0.5, 0.6) is 17.4 Å². The van der Waals surface area contributed by atoms with E-state index in [1.54, 1.807) is 19.1 Å². The predicted molar refractivity (Wildman–Crippen MR) is 101 cm³/mol. The van der Waals surface area contributed by atoms with Gasteiger partial charge in [-0.15, -0.1) is 0 Å². The number of aromatic nitrogens is 1. The average molecular weight is 364 g/mol. The minimum Gasteiger partial charge on any atom is -0.497 e. The maximum absolute atomic E-state index is 12.5. The molecule has 6 nitrogen and oxygen atoms in total. The number of fused-ring (bicyclic) bond motifs is 2. The molecule has 1 aliphatic rings. The van der Waals surface area contributed by atoms with Crippen molar-refractivity contribution < 1.29 is 19.0 Å². The quantitative estimate of drug-likeness (QED) is 0.712. The number of pyridine rings is 1.